The zero-order valence-corrected chi connectivity index (χ0v) is 9.48. The van der Waals surface area contributed by atoms with Gasteiger partial charge in [0, 0.05) is 19.6 Å². The third kappa shape index (κ3) is 2.42. The first-order valence-corrected chi connectivity index (χ1v) is 5.86. The number of carbonyl (C=O) groups is 1. The van der Waals surface area contributed by atoms with Crippen molar-refractivity contribution in [2.75, 3.05) is 13.1 Å². The lowest BCUT2D eigenvalue weighted by molar-refractivity contribution is -0.129. The molecule has 1 aromatic rings. The van der Waals surface area contributed by atoms with Crippen molar-refractivity contribution in [3.8, 4) is 0 Å². The topological polar surface area (TPSA) is 46.3 Å². The summed E-state index contributed by atoms with van der Waals surface area (Å²) in [4.78, 5) is 13.9. The SMILES string of the molecule is NCc1ccccc1CC(=O)N1CCCC1. The molecule has 2 rings (SSSR count). The molecule has 0 spiro atoms. The first kappa shape index (κ1) is 11.1. The molecule has 1 saturated heterocycles. The minimum atomic E-state index is 0.235. The van der Waals surface area contributed by atoms with Gasteiger partial charge in [0.05, 0.1) is 6.42 Å². The van der Waals surface area contributed by atoms with Gasteiger partial charge in [-0.2, -0.15) is 0 Å². The number of amides is 1. The van der Waals surface area contributed by atoms with Gasteiger partial charge in [-0.05, 0) is 24.0 Å². The van der Waals surface area contributed by atoms with Crippen LogP contribution < -0.4 is 5.73 Å². The number of benzene rings is 1. The molecule has 3 heteroatoms. The van der Waals surface area contributed by atoms with E-state index in [1.54, 1.807) is 0 Å². The van der Waals surface area contributed by atoms with Crippen molar-refractivity contribution in [1.29, 1.82) is 0 Å². The maximum Gasteiger partial charge on any atom is 0.227 e. The second kappa shape index (κ2) is 5.12. The monoisotopic (exact) mass is 218 g/mol. The summed E-state index contributed by atoms with van der Waals surface area (Å²) >= 11 is 0. The van der Waals surface area contributed by atoms with E-state index in [1.807, 2.05) is 29.2 Å². The van der Waals surface area contributed by atoms with Crippen molar-refractivity contribution in [2.45, 2.75) is 25.8 Å². The molecule has 1 aliphatic heterocycles. The number of nitrogens with zero attached hydrogens (tertiary/aromatic N) is 1. The summed E-state index contributed by atoms with van der Waals surface area (Å²) in [5.74, 6) is 0.235. The van der Waals surface area contributed by atoms with Crippen molar-refractivity contribution in [3.63, 3.8) is 0 Å². The fourth-order valence-corrected chi connectivity index (χ4v) is 2.17. The Hall–Kier alpha value is -1.35. The smallest absolute Gasteiger partial charge is 0.227 e. The Balaban J connectivity index is 2.05. The second-order valence-corrected chi connectivity index (χ2v) is 4.24. The van der Waals surface area contributed by atoms with Gasteiger partial charge in [0.1, 0.15) is 0 Å². The molecule has 0 radical (unpaired) electrons. The molecular formula is C13H18N2O. The predicted octanol–water partition coefficient (Wildman–Crippen LogP) is 1.31. The van der Waals surface area contributed by atoms with E-state index < -0.39 is 0 Å². The Morgan fingerprint density at radius 1 is 1.19 bits per heavy atom. The molecule has 0 aliphatic carbocycles. The van der Waals surface area contributed by atoms with Crippen LogP contribution >= 0.6 is 0 Å². The number of nitrogens with two attached hydrogens (primary N) is 1. The van der Waals surface area contributed by atoms with Crippen LogP contribution in [0.1, 0.15) is 24.0 Å². The Labute approximate surface area is 96.2 Å². The van der Waals surface area contributed by atoms with Crippen molar-refractivity contribution >= 4 is 5.91 Å². The van der Waals surface area contributed by atoms with E-state index in [9.17, 15) is 4.79 Å². The van der Waals surface area contributed by atoms with E-state index in [2.05, 4.69) is 0 Å². The molecule has 86 valence electrons. The zero-order valence-electron chi connectivity index (χ0n) is 9.48. The van der Waals surface area contributed by atoms with E-state index in [1.165, 1.54) is 0 Å². The molecule has 0 saturated carbocycles. The molecule has 1 heterocycles. The predicted molar refractivity (Wildman–Crippen MR) is 63.9 cm³/mol. The van der Waals surface area contributed by atoms with Gasteiger partial charge in [0.15, 0.2) is 0 Å². The van der Waals surface area contributed by atoms with E-state index >= 15 is 0 Å². The van der Waals surface area contributed by atoms with Crippen LogP contribution in [-0.4, -0.2) is 23.9 Å². The van der Waals surface area contributed by atoms with Crippen LogP contribution in [0.2, 0.25) is 0 Å². The number of rotatable bonds is 3. The van der Waals surface area contributed by atoms with Gasteiger partial charge in [-0.25, -0.2) is 0 Å². The molecular weight excluding hydrogens is 200 g/mol. The van der Waals surface area contributed by atoms with Crippen LogP contribution in [0, 0.1) is 0 Å². The lowest BCUT2D eigenvalue weighted by Gasteiger charge is -2.16. The molecule has 16 heavy (non-hydrogen) atoms. The van der Waals surface area contributed by atoms with Crippen LogP contribution in [0.25, 0.3) is 0 Å². The summed E-state index contributed by atoms with van der Waals surface area (Å²) in [7, 11) is 0. The molecule has 1 amide bonds. The number of carbonyl (C=O) groups excluding carboxylic acids is 1. The number of hydrogen-bond acceptors (Lipinski definition) is 2. The molecule has 0 bridgehead atoms. The highest BCUT2D eigenvalue weighted by atomic mass is 16.2. The molecule has 3 nitrogen and oxygen atoms in total. The van der Waals surface area contributed by atoms with E-state index in [-0.39, 0.29) is 5.91 Å². The number of likely N-dealkylation sites (tertiary alicyclic amines) is 1. The van der Waals surface area contributed by atoms with Gasteiger partial charge >= 0.3 is 0 Å². The largest absolute Gasteiger partial charge is 0.342 e. The summed E-state index contributed by atoms with van der Waals surface area (Å²) in [6.45, 7) is 2.34. The quantitative estimate of drug-likeness (QED) is 0.831. The lowest BCUT2D eigenvalue weighted by Crippen LogP contribution is -2.29. The molecule has 1 aromatic carbocycles. The highest BCUT2D eigenvalue weighted by Crippen LogP contribution is 2.13. The summed E-state index contributed by atoms with van der Waals surface area (Å²) < 4.78 is 0. The van der Waals surface area contributed by atoms with Crippen LogP contribution in [0.15, 0.2) is 24.3 Å². The molecule has 0 atom stereocenters. The second-order valence-electron chi connectivity index (χ2n) is 4.24. The highest BCUT2D eigenvalue weighted by molar-refractivity contribution is 5.79. The van der Waals surface area contributed by atoms with Gasteiger partial charge in [-0.1, -0.05) is 24.3 Å². The minimum Gasteiger partial charge on any atom is -0.342 e. The van der Waals surface area contributed by atoms with Gasteiger partial charge in [-0.3, -0.25) is 4.79 Å². The standard InChI is InChI=1S/C13H18N2O/c14-10-12-6-2-1-5-11(12)9-13(16)15-7-3-4-8-15/h1-2,5-6H,3-4,7-10,14H2. The number of hydrogen-bond donors (Lipinski definition) is 1. The summed E-state index contributed by atoms with van der Waals surface area (Å²) in [5, 5.41) is 0. The van der Waals surface area contributed by atoms with Gasteiger partial charge in [0.25, 0.3) is 0 Å². The van der Waals surface area contributed by atoms with Crippen molar-refractivity contribution < 1.29 is 4.79 Å². The third-order valence-electron chi connectivity index (χ3n) is 3.14. The summed E-state index contributed by atoms with van der Waals surface area (Å²) in [6, 6.07) is 7.92. The van der Waals surface area contributed by atoms with Crippen molar-refractivity contribution in [1.82, 2.24) is 4.90 Å². The molecule has 1 fully saturated rings. The third-order valence-corrected chi connectivity index (χ3v) is 3.14. The molecule has 0 aromatic heterocycles. The van der Waals surface area contributed by atoms with Crippen molar-refractivity contribution in [2.24, 2.45) is 5.73 Å². The summed E-state index contributed by atoms with van der Waals surface area (Å²) in [6.07, 6.45) is 2.78. The van der Waals surface area contributed by atoms with Gasteiger partial charge in [-0.15, -0.1) is 0 Å². The van der Waals surface area contributed by atoms with E-state index in [0.717, 1.165) is 37.1 Å². The van der Waals surface area contributed by atoms with Crippen LogP contribution in [0.5, 0.6) is 0 Å². The minimum absolute atomic E-state index is 0.235. The average Bonchev–Trinajstić information content (AvgIpc) is 2.83. The Kier molecular flexibility index (Phi) is 3.57. The first-order valence-electron chi connectivity index (χ1n) is 5.86. The van der Waals surface area contributed by atoms with Gasteiger partial charge in [0.2, 0.25) is 5.91 Å². The first-order chi connectivity index (χ1) is 7.81. The van der Waals surface area contributed by atoms with Crippen LogP contribution in [0.3, 0.4) is 0 Å². The zero-order chi connectivity index (χ0) is 11.4. The van der Waals surface area contributed by atoms with Crippen LogP contribution in [-0.2, 0) is 17.8 Å². The maximum atomic E-state index is 12.0. The fraction of sp³-hybridized carbons (Fsp3) is 0.462. The Bertz CT molecular complexity index is 370. The van der Waals surface area contributed by atoms with E-state index in [0.29, 0.717) is 13.0 Å². The van der Waals surface area contributed by atoms with Crippen molar-refractivity contribution in [3.05, 3.63) is 35.4 Å². The fourth-order valence-electron chi connectivity index (χ4n) is 2.17. The lowest BCUT2D eigenvalue weighted by atomic mass is 10.0. The Morgan fingerprint density at radius 2 is 1.81 bits per heavy atom. The molecule has 2 N–H and O–H groups in total. The molecule has 0 unspecified atom stereocenters. The maximum absolute atomic E-state index is 12.0. The molecule has 1 aliphatic rings. The van der Waals surface area contributed by atoms with Crippen LogP contribution in [0.4, 0.5) is 0 Å². The highest BCUT2D eigenvalue weighted by Gasteiger charge is 2.18. The van der Waals surface area contributed by atoms with Gasteiger partial charge < -0.3 is 10.6 Å². The normalized spacial score (nSPS) is 15.4. The Morgan fingerprint density at radius 3 is 2.44 bits per heavy atom. The van der Waals surface area contributed by atoms with E-state index in [4.69, 9.17) is 5.73 Å². The summed E-state index contributed by atoms with van der Waals surface area (Å²) in [5.41, 5.74) is 7.80. The average molecular weight is 218 g/mol.